The summed E-state index contributed by atoms with van der Waals surface area (Å²) in [5.41, 5.74) is 2.09. The van der Waals surface area contributed by atoms with Gasteiger partial charge in [0, 0.05) is 29.4 Å². The summed E-state index contributed by atoms with van der Waals surface area (Å²) in [5, 5.41) is 23.3. The predicted octanol–water partition coefficient (Wildman–Crippen LogP) is 5.51. The number of nitrogens with zero attached hydrogens (tertiary/aromatic N) is 4. The Morgan fingerprint density at radius 3 is 2.68 bits per heavy atom. The number of benzene rings is 2. The first-order chi connectivity index (χ1) is 16.2. The number of aryl methyl sites for hydroxylation is 2. The lowest BCUT2D eigenvalue weighted by atomic mass is 10.1. The Balaban J connectivity index is 1.69. The first-order valence-corrected chi connectivity index (χ1v) is 11.7. The number of aromatic nitrogens is 3. The molecule has 0 aliphatic carbocycles. The second-order valence-electron chi connectivity index (χ2n) is 7.52. The van der Waals surface area contributed by atoms with Crippen LogP contribution in [-0.2, 0) is 11.3 Å². The maximum Gasteiger partial charge on any atom is 0.271 e. The van der Waals surface area contributed by atoms with Gasteiger partial charge in [-0.1, -0.05) is 35.5 Å². The van der Waals surface area contributed by atoms with Crippen LogP contribution in [0.25, 0.3) is 0 Å². The van der Waals surface area contributed by atoms with Crippen molar-refractivity contribution in [1.29, 1.82) is 0 Å². The topological polar surface area (TPSA) is 112 Å². The van der Waals surface area contributed by atoms with Crippen LogP contribution >= 0.6 is 23.4 Å². The number of allylic oxidation sites excluding steroid dienone is 1. The second-order valence-corrected chi connectivity index (χ2v) is 8.84. The zero-order chi connectivity index (χ0) is 24.8. The quantitative estimate of drug-likeness (QED) is 0.168. The van der Waals surface area contributed by atoms with Gasteiger partial charge in [0.05, 0.1) is 10.7 Å². The molecule has 1 heterocycles. The summed E-state index contributed by atoms with van der Waals surface area (Å²) < 4.78 is 7.92. The second kappa shape index (κ2) is 11.2. The van der Waals surface area contributed by atoms with Crippen molar-refractivity contribution in [3.63, 3.8) is 0 Å². The first kappa shape index (κ1) is 25.3. The average molecular weight is 502 g/mol. The molecule has 1 N–H and O–H groups in total. The van der Waals surface area contributed by atoms with Crippen LogP contribution in [0.15, 0.2) is 54.2 Å². The Kier molecular flexibility index (Phi) is 8.30. The molecule has 2 aromatic carbocycles. The Morgan fingerprint density at radius 2 is 2.03 bits per heavy atom. The molecule has 1 amide bonds. The SMILES string of the molecule is C=CCn1c(SCC(=O)Nc2cccc([N+](=O)[O-])c2)nnc1C(C)Oc1cc(C)c(Cl)c(C)c1. The summed E-state index contributed by atoms with van der Waals surface area (Å²) in [6.45, 7) is 9.93. The van der Waals surface area contributed by atoms with E-state index in [1.165, 1.54) is 30.0 Å². The number of non-ortho nitro benzene ring substituents is 1. The molecule has 11 heteroatoms. The molecular formula is C23H24ClN5O4S. The number of ether oxygens (including phenoxy) is 1. The van der Waals surface area contributed by atoms with Gasteiger partial charge in [-0.25, -0.2) is 0 Å². The zero-order valence-electron chi connectivity index (χ0n) is 18.9. The van der Waals surface area contributed by atoms with E-state index in [-0.39, 0.29) is 17.3 Å². The molecule has 0 radical (unpaired) electrons. The highest BCUT2D eigenvalue weighted by Gasteiger charge is 2.20. The van der Waals surface area contributed by atoms with Gasteiger partial charge in [0.15, 0.2) is 17.1 Å². The first-order valence-electron chi connectivity index (χ1n) is 10.3. The van der Waals surface area contributed by atoms with E-state index in [9.17, 15) is 14.9 Å². The number of hydrogen-bond donors (Lipinski definition) is 1. The number of halogens is 1. The third-order valence-electron chi connectivity index (χ3n) is 4.82. The van der Waals surface area contributed by atoms with E-state index in [1.54, 1.807) is 12.1 Å². The van der Waals surface area contributed by atoms with Crippen molar-refractivity contribution in [2.24, 2.45) is 0 Å². The van der Waals surface area contributed by atoms with Crippen molar-refractivity contribution in [2.45, 2.75) is 38.6 Å². The van der Waals surface area contributed by atoms with Crippen LogP contribution in [-0.4, -0.2) is 31.3 Å². The number of amides is 1. The van der Waals surface area contributed by atoms with Crippen LogP contribution in [0.5, 0.6) is 5.75 Å². The number of nitro groups is 1. The van der Waals surface area contributed by atoms with Gasteiger partial charge in [0.1, 0.15) is 5.75 Å². The molecule has 0 aliphatic rings. The number of thioether (sulfide) groups is 1. The molecular weight excluding hydrogens is 478 g/mol. The van der Waals surface area contributed by atoms with Crippen LogP contribution < -0.4 is 10.1 Å². The van der Waals surface area contributed by atoms with Gasteiger partial charge in [-0.15, -0.1) is 16.8 Å². The summed E-state index contributed by atoms with van der Waals surface area (Å²) in [7, 11) is 0. The average Bonchev–Trinajstić information content (AvgIpc) is 3.19. The van der Waals surface area contributed by atoms with Gasteiger partial charge in [-0.3, -0.25) is 19.5 Å². The number of nitro benzene ring substituents is 1. The number of anilines is 1. The molecule has 1 atom stereocenters. The minimum absolute atomic E-state index is 0.0444. The Hall–Kier alpha value is -3.37. The number of nitrogens with one attached hydrogen (secondary N) is 1. The van der Waals surface area contributed by atoms with Crippen molar-refractivity contribution in [3.8, 4) is 5.75 Å². The fourth-order valence-electron chi connectivity index (χ4n) is 3.26. The van der Waals surface area contributed by atoms with Crippen molar-refractivity contribution in [1.82, 2.24) is 14.8 Å². The fraction of sp³-hybridized carbons (Fsp3) is 0.261. The molecule has 3 aromatic rings. The van der Waals surface area contributed by atoms with Crippen LogP contribution in [0.1, 0.15) is 30.0 Å². The molecule has 0 saturated carbocycles. The molecule has 0 aliphatic heterocycles. The van der Waals surface area contributed by atoms with E-state index < -0.39 is 11.0 Å². The van der Waals surface area contributed by atoms with E-state index in [0.29, 0.717) is 34.0 Å². The minimum atomic E-state index is -0.514. The van der Waals surface area contributed by atoms with E-state index in [2.05, 4.69) is 22.1 Å². The largest absolute Gasteiger partial charge is 0.483 e. The molecule has 34 heavy (non-hydrogen) atoms. The maximum absolute atomic E-state index is 12.4. The third kappa shape index (κ3) is 6.15. The normalized spacial score (nSPS) is 11.6. The molecule has 0 bridgehead atoms. The van der Waals surface area contributed by atoms with Gasteiger partial charge in [-0.05, 0) is 50.1 Å². The third-order valence-corrected chi connectivity index (χ3v) is 6.38. The summed E-state index contributed by atoms with van der Waals surface area (Å²) in [4.78, 5) is 22.8. The molecule has 0 fully saturated rings. The number of carbonyl (C=O) groups is 1. The summed E-state index contributed by atoms with van der Waals surface area (Å²) in [6, 6.07) is 9.51. The van der Waals surface area contributed by atoms with Gasteiger partial charge >= 0.3 is 0 Å². The molecule has 0 saturated heterocycles. The van der Waals surface area contributed by atoms with Crippen molar-refractivity contribution >= 4 is 40.6 Å². The standard InChI is InChI=1S/C23H24ClN5O4S/c1-5-9-28-22(16(4)33-19-10-14(2)21(24)15(3)11-19)26-27-23(28)34-13-20(30)25-17-7-6-8-18(12-17)29(31)32/h5-8,10-12,16H,1,9,13H2,2-4H3,(H,25,30). The number of rotatable bonds is 10. The molecule has 0 spiro atoms. The Morgan fingerprint density at radius 1 is 1.32 bits per heavy atom. The molecule has 178 valence electrons. The number of carbonyl (C=O) groups excluding carboxylic acids is 1. The van der Waals surface area contributed by atoms with Crippen molar-refractivity contribution in [3.05, 3.63) is 81.1 Å². The Labute approximate surface area is 206 Å². The predicted molar refractivity (Wildman–Crippen MR) is 133 cm³/mol. The fourth-order valence-corrected chi connectivity index (χ4v) is 4.13. The van der Waals surface area contributed by atoms with Gasteiger partial charge in [0.2, 0.25) is 5.91 Å². The van der Waals surface area contributed by atoms with Gasteiger partial charge in [-0.2, -0.15) is 0 Å². The number of hydrogen-bond acceptors (Lipinski definition) is 7. The van der Waals surface area contributed by atoms with Crippen molar-refractivity contribution in [2.75, 3.05) is 11.1 Å². The maximum atomic E-state index is 12.4. The van der Waals surface area contributed by atoms with Gasteiger partial charge < -0.3 is 10.1 Å². The molecule has 3 rings (SSSR count). The van der Waals surface area contributed by atoms with E-state index in [4.69, 9.17) is 16.3 Å². The van der Waals surface area contributed by atoms with E-state index >= 15 is 0 Å². The molecule has 1 unspecified atom stereocenters. The Bertz CT molecular complexity index is 1210. The van der Waals surface area contributed by atoms with E-state index in [0.717, 1.165) is 11.1 Å². The van der Waals surface area contributed by atoms with Crippen LogP contribution in [0.4, 0.5) is 11.4 Å². The lowest BCUT2D eigenvalue weighted by molar-refractivity contribution is -0.384. The summed E-state index contributed by atoms with van der Waals surface area (Å²) >= 11 is 7.45. The highest BCUT2D eigenvalue weighted by molar-refractivity contribution is 7.99. The van der Waals surface area contributed by atoms with Crippen LogP contribution in [0.2, 0.25) is 5.02 Å². The highest BCUT2D eigenvalue weighted by Crippen LogP contribution is 2.30. The highest BCUT2D eigenvalue weighted by atomic mass is 35.5. The molecule has 9 nitrogen and oxygen atoms in total. The lowest BCUT2D eigenvalue weighted by Crippen LogP contribution is -2.15. The summed E-state index contributed by atoms with van der Waals surface area (Å²) in [5.74, 6) is 0.983. The van der Waals surface area contributed by atoms with E-state index in [1.807, 2.05) is 37.5 Å². The zero-order valence-corrected chi connectivity index (χ0v) is 20.5. The lowest BCUT2D eigenvalue weighted by Gasteiger charge is -2.17. The minimum Gasteiger partial charge on any atom is -0.483 e. The van der Waals surface area contributed by atoms with Crippen LogP contribution in [0.3, 0.4) is 0 Å². The smallest absolute Gasteiger partial charge is 0.271 e. The monoisotopic (exact) mass is 501 g/mol. The van der Waals surface area contributed by atoms with Gasteiger partial charge in [0.25, 0.3) is 5.69 Å². The molecule has 1 aromatic heterocycles. The van der Waals surface area contributed by atoms with Crippen molar-refractivity contribution < 1.29 is 14.5 Å². The van der Waals surface area contributed by atoms with Crippen LogP contribution in [0, 0.1) is 24.0 Å². The summed E-state index contributed by atoms with van der Waals surface area (Å²) in [6.07, 6.45) is 1.30.